The molecule has 1 aromatic rings. The second-order valence-corrected chi connectivity index (χ2v) is 4.59. The highest BCUT2D eigenvalue weighted by Gasteiger charge is 2.09. The van der Waals surface area contributed by atoms with Gasteiger partial charge in [0.05, 0.1) is 5.84 Å². The number of nitrogens with one attached hydrogen (secondary N) is 1. The molecule has 0 radical (unpaired) electrons. The Hall–Kier alpha value is -1.65. The van der Waals surface area contributed by atoms with E-state index < -0.39 is 0 Å². The highest BCUT2D eigenvalue weighted by molar-refractivity contribution is 5.77. The number of anilines is 1. The number of amidine groups is 1. The number of hydrogen-bond acceptors (Lipinski definition) is 4. The van der Waals surface area contributed by atoms with Gasteiger partial charge in [0.1, 0.15) is 0 Å². The van der Waals surface area contributed by atoms with E-state index in [-0.39, 0.29) is 5.84 Å². The predicted octanol–water partition coefficient (Wildman–Crippen LogP) is 1.67. The van der Waals surface area contributed by atoms with E-state index in [1.54, 1.807) is 0 Å². The topological polar surface area (TPSA) is 78.9 Å². The highest BCUT2D eigenvalue weighted by Crippen LogP contribution is 2.16. The average Bonchev–Trinajstić information content (AvgIpc) is 2.24. The van der Waals surface area contributed by atoms with Crippen LogP contribution in [0.15, 0.2) is 6.07 Å². The van der Waals surface area contributed by atoms with Crippen molar-refractivity contribution in [1.29, 1.82) is 5.41 Å². The van der Waals surface area contributed by atoms with E-state index in [9.17, 15) is 0 Å². The van der Waals surface area contributed by atoms with Crippen LogP contribution in [0, 0.1) is 12.3 Å². The molecule has 3 N–H and O–H groups in total. The predicted molar refractivity (Wildman–Crippen MR) is 70.7 cm³/mol. The molecule has 94 valence electrons. The molecule has 0 saturated heterocycles. The third-order valence-electron chi connectivity index (χ3n) is 2.51. The summed E-state index contributed by atoms with van der Waals surface area (Å²) in [6, 6.07) is 2.01. The van der Waals surface area contributed by atoms with Gasteiger partial charge < -0.3 is 10.6 Å². The fraction of sp³-hybridized carbons (Fsp3) is 0.583. The van der Waals surface area contributed by atoms with Crippen LogP contribution in [0.25, 0.3) is 0 Å². The Morgan fingerprint density at radius 3 is 2.65 bits per heavy atom. The Bertz CT molecular complexity index is 400. The fourth-order valence-corrected chi connectivity index (χ4v) is 1.43. The van der Waals surface area contributed by atoms with Crippen molar-refractivity contribution in [3.8, 4) is 0 Å². The molecule has 0 atom stereocenters. The zero-order valence-electron chi connectivity index (χ0n) is 11.0. The molecule has 5 heteroatoms. The first kappa shape index (κ1) is 13.4. The Kier molecular flexibility index (Phi) is 4.43. The number of aromatic nitrogens is 2. The lowest BCUT2D eigenvalue weighted by Gasteiger charge is -2.18. The lowest BCUT2D eigenvalue weighted by atomic mass is 10.1. The van der Waals surface area contributed by atoms with Crippen molar-refractivity contribution in [3.63, 3.8) is 0 Å². The summed E-state index contributed by atoms with van der Waals surface area (Å²) in [7, 11) is 1.92. The van der Waals surface area contributed by atoms with E-state index in [0.717, 1.165) is 11.4 Å². The van der Waals surface area contributed by atoms with Gasteiger partial charge in [-0.2, -0.15) is 0 Å². The third kappa shape index (κ3) is 4.01. The second-order valence-electron chi connectivity index (χ2n) is 4.59. The molecule has 0 spiro atoms. The molecule has 0 saturated carbocycles. The van der Waals surface area contributed by atoms with Crippen molar-refractivity contribution in [2.24, 2.45) is 5.73 Å². The Morgan fingerprint density at radius 2 is 2.12 bits per heavy atom. The van der Waals surface area contributed by atoms with Crippen LogP contribution in [-0.2, 0) is 0 Å². The zero-order valence-corrected chi connectivity index (χ0v) is 11.0. The first-order chi connectivity index (χ1) is 7.90. The average molecular weight is 235 g/mol. The maximum Gasteiger partial charge on any atom is 0.225 e. The molecular formula is C12H21N5. The van der Waals surface area contributed by atoms with Crippen molar-refractivity contribution in [3.05, 3.63) is 17.5 Å². The normalized spacial score (nSPS) is 10.6. The largest absolute Gasteiger partial charge is 0.388 e. The first-order valence-electron chi connectivity index (χ1n) is 5.79. The minimum Gasteiger partial charge on any atom is -0.388 e. The summed E-state index contributed by atoms with van der Waals surface area (Å²) >= 11 is 0. The molecule has 1 heterocycles. The summed E-state index contributed by atoms with van der Waals surface area (Å²) in [6.07, 6.45) is 0.533. The first-order valence-corrected chi connectivity index (χ1v) is 5.79. The smallest absolute Gasteiger partial charge is 0.225 e. The van der Waals surface area contributed by atoms with Crippen LogP contribution in [0.1, 0.15) is 37.6 Å². The van der Waals surface area contributed by atoms with Crippen LogP contribution >= 0.6 is 0 Å². The van der Waals surface area contributed by atoms with Crippen LogP contribution < -0.4 is 10.6 Å². The van der Waals surface area contributed by atoms with Crippen molar-refractivity contribution in [2.45, 2.75) is 33.1 Å². The van der Waals surface area contributed by atoms with Crippen LogP contribution in [0.3, 0.4) is 0 Å². The standard InChI is InChI=1S/C12H21N5/c1-8(2)10-7-9(3)15-12(16-10)17(4)6-5-11(13)14/h7-8H,5-6H2,1-4H3,(H3,13,14). The molecular weight excluding hydrogens is 214 g/mol. The molecule has 0 fully saturated rings. The van der Waals surface area contributed by atoms with Gasteiger partial charge in [-0.3, -0.25) is 5.41 Å². The molecule has 17 heavy (non-hydrogen) atoms. The summed E-state index contributed by atoms with van der Waals surface area (Å²) in [5.41, 5.74) is 7.35. The van der Waals surface area contributed by atoms with Gasteiger partial charge in [0.15, 0.2) is 0 Å². The lowest BCUT2D eigenvalue weighted by molar-refractivity contribution is 0.784. The second kappa shape index (κ2) is 5.61. The lowest BCUT2D eigenvalue weighted by Crippen LogP contribution is -2.26. The Balaban J connectivity index is 2.85. The summed E-state index contributed by atoms with van der Waals surface area (Å²) < 4.78 is 0. The van der Waals surface area contributed by atoms with Gasteiger partial charge in [0.2, 0.25) is 5.95 Å². The monoisotopic (exact) mass is 235 g/mol. The number of aryl methyl sites for hydroxylation is 1. The van der Waals surface area contributed by atoms with Gasteiger partial charge in [-0.1, -0.05) is 13.8 Å². The molecule has 1 rings (SSSR count). The zero-order chi connectivity index (χ0) is 13.0. The molecule has 0 aliphatic carbocycles. The molecule has 0 amide bonds. The molecule has 0 aromatic carbocycles. The number of nitrogens with two attached hydrogens (primary N) is 1. The Morgan fingerprint density at radius 1 is 1.47 bits per heavy atom. The van der Waals surface area contributed by atoms with Crippen LogP contribution in [0.2, 0.25) is 0 Å². The van der Waals surface area contributed by atoms with Gasteiger partial charge >= 0.3 is 0 Å². The Labute approximate surface area is 103 Å². The summed E-state index contributed by atoms with van der Waals surface area (Å²) in [4.78, 5) is 10.8. The van der Waals surface area contributed by atoms with Gasteiger partial charge in [0, 0.05) is 31.4 Å². The van der Waals surface area contributed by atoms with Crippen molar-refractivity contribution < 1.29 is 0 Å². The summed E-state index contributed by atoms with van der Waals surface area (Å²) in [6.45, 7) is 6.86. The molecule has 0 aliphatic heterocycles. The molecule has 0 aliphatic rings. The molecule has 1 aromatic heterocycles. The van der Waals surface area contributed by atoms with Gasteiger partial charge in [0.25, 0.3) is 0 Å². The number of rotatable bonds is 5. The maximum absolute atomic E-state index is 7.21. The highest BCUT2D eigenvalue weighted by atomic mass is 15.2. The van der Waals surface area contributed by atoms with Crippen LogP contribution in [0.4, 0.5) is 5.95 Å². The molecule has 0 unspecified atom stereocenters. The fourth-order valence-electron chi connectivity index (χ4n) is 1.43. The number of hydrogen-bond donors (Lipinski definition) is 2. The van der Waals surface area contributed by atoms with Crippen LogP contribution in [-0.4, -0.2) is 29.4 Å². The summed E-state index contributed by atoms with van der Waals surface area (Å²) in [5.74, 6) is 1.28. The van der Waals surface area contributed by atoms with Gasteiger partial charge in [-0.15, -0.1) is 0 Å². The van der Waals surface area contributed by atoms with E-state index in [0.29, 0.717) is 24.8 Å². The SMILES string of the molecule is Cc1cc(C(C)C)nc(N(C)CCC(=N)N)n1. The minimum atomic E-state index is 0.189. The van der Waals surface area contributed by atoms with E-state index in [2.05, 4.69) is 23.8 Å². The van der Waals surface area contributed by atoms with E-state index >= 15 is 0 Å². The van der Waals surface area contributed by atoms with Crippen molar-refractivity contribution in [2.75, 3.05) is 18.5 Å². The van der Waals surface area contributed by atoms with Gasteiger partial charge in [-0.05, 0) is 18.9 Å². The number of nitrogens with zero attached hydrogens (tertiary/aromatic N) is 3. The van der Waals surface area contributed by atoms with Crippen molar-refractivity contribution in [1.82, 2.24) is 9.97 Å². The van der Waals surface area contributed by atoms with E-state index in [4.69, 9.17) is 11.1 Å². The molecule has 0 bridgehead atoms. The summed E-state index contributed by atoms with van der Waals surface area (Å²) in [5, 5.41) is 7.21. The van der Waals surface area contributed by atoms with Crippen molar-refractivity contribution >= 4 is 11.8 Å². The van der Waals surface area contributed by atoms with Gasteiger partial charge in [-0.25, -0.2) is 9.97 Å². The minimum absolute atomic E-state index is 0.189. The quantitative estimate of drug-likeness (QED) is 0.601. The van der Waals surface area contributed by atoms with E-state index in [1.807, 2.05) is 24.9 Å². The third-order valence-corrected chi connectivity index (χ3v) is 2.51. The molecule has 5 nitrogen and oxygen atoms in total. The van der Waals surface area contributed by atoms with E-state index in [1.165, 1.54) is 0 Å². The maximum atomic E-state index is 7.21. The van der Waals surface area contributed by atoms with Crippen LogP contribution in [0.5, 0.6) is 0 Å².